The third kappa shape index (κ3) is 8.54. The number of hydrogen-bond acceptors (Lipinski definition) is 1. The monoisotopic (exact) mass is 237 g/mol. The van der Waals surface area contributed by atoms with Crippen LogP contribution in [0.4, 0.5) is 0 Å². The molecule has 0 fully saturated rings. The largest absolute Gasteiger partial charge is 0.303 e. The Hall–Kier alpha value is 0.440. The zero-order valence-corrected chi connectivity index (χ0v) is 10.5. The molecule has 0 heterocycles. The van der Waals surface area contributed by atoms with Crippen molar-refractivity contribution in [3.8, 4) is 0 Å². The van der Waals surface area contributed by atoms with Gasteiger partial charge in [-0.2, -0.15) is 0 Å². The smallest absolute Gasteiger partial charge is 0.00188 e. The van der Waals surface area contributed by atoms with Crippen LogP contribution in [0.2, 0.25) is 0 Å². The molecule has 1 nitrogen and oxygen atoms in total. The summed E-state index contributed by atoms with van der Waals surface area (Å²) in [5.41, 5.74) is 0. The number of rotatable bonds is 7. The van der Waals surface area contributed by atoms with Gasteiger partial charge in [-0.25, -0.2) is 0 Å². The van der Waals surface area contributed by atoms with Crippen molar-refractivity contribution in [3.05, 3.63) is 0 Å². The fourth-order valence-electron chi connectivity index (χ4n) is 1.35. The van der Waals surface area contributed by atoms with Gasteiger partial charge in [0.25, 0.3) is 0 Å². The minimum absolute atomic E-state index is 0. The Kier molecular flexibility index (Phi) is 14.2. The van der Waals surface area contributed by atoms with Crippen LogP contribution >= 0.6 is 17.0 Å². The molecule has 0 radical (unpaired) electrons. The van der Waals surface area contributed by atoms with Crippen LogP contribution in [0.5, 0.6) is 0 Å². The summed E-state index contributed by atoms with van der Waals surface area (Å²) in [4.78, 5) is 2.57. The summed E-state index contributed by atoms with van der Waals surface area (Å²) in [6.07, 6.45) is 5.28. The molecule has 0 aromatic rings. The van der Waals surface area contributed by atoms with Gasteiger partial charge in [-0.05, 0) is 38.9 Å². The first kappa shape index (κ1) is 14.9. The molecule has 0 aliphatic rings. The van der Waals surface area contributed by atoms with Crippen molar-refractivity contribution in [3.63, 3.8) is 0 Å². The van der Waals surface area contributed by atoms with Gasteiger partial charge in [-0.1, -0.05) is 27.2 Å². The molecule has 0 unspecified atom stereocenters. The van der Waals surface area contributed by atoms with Crippen LogP contribution in [0.15, 0.2) is 0 Å². The molecule has 0 aromatic carbocycles. The van der Waals surface area contributed by atoms with Crippen molar-refractivity contribution in [2.45, 2.75) is 46.5 Å². The molecule has 12 heavy (non-hydrogen) atoms. The summed E-state index contributed by atoms with van der Waals surface area (Å²) in [7, 11) is 0. The lowest BCUT2D eigenvalue weighted by Gasteiger charge is -2.20. The van der Waals surface area contributed by atoms with Gasteiger partial charge in [0.2, 0.25) is 0 Å². The van der Waals surface area contributed by atoms with Crippen molar-refractivity contribution in [1.82, 2.24) is 4.90 Å². The van der Waals surface area contributed by atoms with Crippen LogP contribution in [-0.2, 0) is 0 Å². The molecule has 0 aliphatic heterocycles. The lowest BCUT2D eigenvalue weighted by molar-refractivity contribution is 0.270. The van der Waals surface area contributed by atoms with Crippen LogP contribution in [-0.4, -0.2) is 24.5 Å². The Morgan fingerprint density at radius 1 is 0.750 bits per heavy atom. The Balaban J connectivity index is 0. The van der Waals surface area contributed by atoms with E-state index in [1.165, 1.54) is 45.3 Å². The van der Waals surface area contributed by atoms with Crippen molar-refractivity contribution >= 4 is 17.0 Å². The number of nitrogens with zero attached hydrogens (tertiary/aromatic N) is 1. The number of hydrogen-bond donors (Lipinski definition) is 0. The first-order chi connectivity index (χ1) is 5.35. The maximum Gasteiger partial charge on any atom is -0.00188 e. The van der Waals surface area contributed by atoms with Crippen LogP contribution in [0.25, 0.3) is 0 Å². The Morgan fingerprint density at radius 3 is 1.58 bits per heavy atom. The van der Waals surface area contributed by atoms with E-state index in [2.05, 4.69) is 25.7 Å². The topological polar surface area (TPSA) is 3.24 Å². The SMILES string of the molecule is Br.CCCCN(CCC)CCC. The second-order valence-electron chi connectivity index (χ2n) is 3.20. The van der Waals surface area contributed by atoms with Gasteiger partial charge < -0.3 is 4.90 Å². The maximum absolute atomic E-state index is 2.57. The molecule has 0 atom stereocenters. The average molecular weight is 238 g/mol. The van der Waals surface area contributed by atoms with E-state index in [-0.39, 0.29) is 17.0 Å². The summed E-state index contributed by atoms with van der Waals surface area (Å²) in [5, 5.41) is 0. The van der Waals surface area contributed by atoms with E-state index in [0.29, 0.717) is 0 Å². The zero-order chi connectivity index (χ0) is 8.53. The second kappa shape index (κ2) is 11.4. The Morgan fingerprint density at radius 2 is 1.25 bits per heavy atom. The molecule has 2 heteroatoms. The molecule has 0 amide bonds. The van der Waals surface area contributed by atoms with E-state index in [1.807, 2.05) is 0 Å². The van der Waals surface area contributed by atoms with E-state index in [4.69, 9.17) is 0 Å². The highest BCUT2D eigenvalue weighted by molar-refractivity contribution is 8.93. The van der Waals surface area contributed by atoms with Gasteiger partial charge >= 0.3 is 0 Å². The van der Waals surface area contributed by atoms with E-state index in [1.54, 1.807) is 0 Å². The minimum Gasteiger partial charge on any atom is -0.303 e. The summed E-state index contributed by atoms with van der Waals surface area (Å²) in [6, 6.07) is 0. The molecular formula is C10H24BrN. The molecule has 0 aliphatic carbocycles. The molecule has 76 valence electrons. The average Bonchev–Trinajstić information content (AvgIpc) is 2.01. The zero-order valence-electron chi connectivity index (χ0n) is 8.81. The summed E-state index contributed by atoms with van der Waals surface area (Å²) in [5.74, 6) is 0. The highest BCUT2D eigenvalue weighted by Gasteiger charge is 1.99. The third-order valence-electron chi connectivity index (χ3n) is 1.91. The van der Waals surface area contributed by atoms with Gasteiger partial charge in [0, 0.05) is 0 Å². The fourth-order valence-corrected chi connectivity index (χ4v) is 1.35. The highest BCUT2D eigenvalue weighted by Crippen LogP contribution is 1.97. The molecule has 0 saturated carbocycles. The first-order valence-corrected chi connectivity index (χ1v) is 5.07. The number of unbranched alkanes of at least 4 members (excludes halogenated alkanes) is 1. The van der Waals surface area contributed by atoms with Crippen molar-refractivity contribution < 1.29 is 0 Å². The van der Waals surface area contributed by atoms with E-state index in [0.717, 1.165) is 0 Å². The molecule has 0 N–H and O–H groups in total. The predicted molar refractivity (Wildman–Crippen MR) is 62.3 cm³/mol. The lowest BCUT2D eigenvalue weighted by Crippen LogP contribution is -2.26. The second-order valence-corrected chi connectivity index (χ2v) is 3.20. The van der Waals surface area contributed by atoms with Crippen LogP contribution in [0.1, 0.15) is 46.5 Å². The molecule has 0 bridgehead atoms. The Labute approximate surface area is 88.3 Å². The van der Waals surface area contributed by atoms with Crippen LogP contribution in [0, 0.1) is 0 Å². The molecular weight excluding hydrogens is 214 g/mol. The highest BCUT2D eigenvalue weighted by atomic mass is 79.9. The standard InChI is InChI=1S/C10H23N.BrH/c1-4-7-10-11(8-5-2)9-6-3;/h4-10H2,1-3H3;1H. The molecule has 0 saturated heterocycles. The summed E-state index contributed by atoms with van der Waals surface area (Å²) in [6.45, 7) is 10.7. The Bertz CT molecular complexity index is 70.2. The normalized spacial score (nSPS) is 10.0. The maximum atomic E-state index is 2.57. The molecule has 0 spiro atoms. The van der Waals surface area contributed by atoms with Crippen LogP contribution < -0.4 is 0 Å². The van der Waals surface area contributed by atoms with Gasteiger partial charge in [0.1, 0.15) is 0 Å². The lowest BCUT2D eigenvalue weighted by atomic mass is 10.3. The fraction of sp³-hybridized carbons (Fsp3) is 1.00. The summed E-state index contributed by atoms with van der Waals surface area (Å²) < 4.78 is 0. The molecule has 0 aromatic heterocycles. The number of halogens is 1. The third-order valence-corrected chi connectivity index (χ3v) is 1.91. The first-order valence-electron chi connectivity index (χ1n) is 5.07. The van der Waals surface area contributed by atoms with Crippen molar-refractivity contribution in [2.24, 2.45) is 0 Å². The van der Waals surface area contributed by atoms with Crippen molar-refractivity contribution in [1.29, 1.82) is 0 Å². The summed E-state index contributed by atoms with van der Waals surface area (Å²) >= 11 is 0. The van der Waals surface area contributed by atoms with E-state index >= 15 is 0 Å². The van der Waals surface area contributed by atoms with Crippen LogP contribution in [0.3, 0.4) is 0 Å². The molecule has 0 rings (SSSR count). The van der Waals surface area contributed by atoms with Gasteiger partial charge in [-0.15, -0.1) is 17.0 Å². The van der Waals surface area contributed by atoms with E-state index < -0.39 is 0 Å². The quantitative estimate of drug-likeness (QED) is 0.656. The van der Waals surface area contributed by atoms with E-state index in [9.17, 15) is 0 Å². The minimum atomic E-state index is 0. The van der Waals surface area contributed by atoms with Crippen molar-refractivity contribution in [2.75, 3.05) is 19.6 Å². The van der Waals surface area contributed by atoms with Gasteiger partial charge in [0.05, 0.1) is 0 Å². The predicted octanol–water partition coefficient (Wildman–Crippen LogP) is 3.49. The van der Waals surface area contributed by atoms with Gasteiger partial charge in [0.15, 0.2) is 0 Å². The van der Waals surface area contributed by atoms with Gasteiger partial charge in [-0.3, -0.25) is 0 Å².